The molecule has 0 fully saturated rings. The lowest BCUT2D eigenvalue weighted by Gasteiger charge is -2.13. The second kappa shape index (κ2) is 8.35. The number of rotatable bonds is 7. The Kier molecular flexibility index (Phi) is 5.71. The first-order chi connectivity index (χ1) is 13.1. The van der Waals surface area contributed by atoms with Crippen molar-refractivity contribution in [3.05, 3.63) is 66.2 Å². The first-order valence-corrected chi connectivity index (χ1v) is 8.63. The molecule has 0 unspecified atom stereocenters. The van der Waals surface area contributed by atoms with E-state index in [-0.39, 0.29) is 17.4 Å². The molecule has 0 saturated heterocycles. The van der Waals surface area contributed by atoms with Crippen molar-refractivity contribution >= 4 is 11.6 Å². The number of nitrogens with one attached hydrogen (secondary N) is 1. The van der Waals surface area contributed by atoms with Crippen LogP contribution in [0, 0.1) is 5.82 Å². The fourth-order valence-corrected chi connectivity index (χ4v) is 2.51. The van der Waals surface area contributed by atoms with E-state index in [4.69, 9.17) is 9.47 Å². The number of hydrogen-bond acceptors (Lipinski definition) is 4. The highest BCUT2D eigenvalue weighted by Crippen LogP contribution is 2.29. The first-order valence-electron chi connectivity index (χ1n) is 8.63. The minimum atomic E-state index is -0.384. The molecule has 0 spiro atoms. The third kappa shape index (κ3) is 4.44. The van der Waals surface area contributed by atoms with Gasteiger partial charge in [-0.15, -0.1) is 0 Å². The molecule has 0 bridgehead atoms. The van der Waals surface area contributed by atoms with Crippen molar-refractivity contribution in [1.82, 2.24) is 9.78 Å². The van der Waals surface area contributed by atoms with Gasteiger partial charge in [0, 0.05) is 12.3 Å². The van der Waals surface area contributed by atoms with Crippen molar-refractivity contribution in [3.8, 4) is 17.2 Å². The quantitative estimate of drug-likeness (QED) is 0.682. The van der Waals surface area contributed by atoms with E-state index in [1.54, 1.807) is 42.6 Å². The summed E-state index contributed by atoms with van der Waals surface area (Å²) in [7, 11) is 0. The van der Waals surface area contributed by atoms with Crippen LogP contribution in [0.1, 0.15) is 24.3 Å². The number of anilines is 1. The molecular formula is C20H20FN3O3. The summed E-state index contributed by atoms with van der Waals surface area (Å²) in [6, 6.07) is 12.7. The largest absolute Gasteiger partial charge is 0.494 e. The van der Waals surface area contributed by atoms with Gasteiger partial charge in [-0.2, -0.15) is 5.10 Å². The summed E-state index contributed by atoms with van der Waals surface area (Å²) in [6.45, 7) is 4.74. The summed E-state index contributed by atoms with van der Waals surface area (Å²) >= 11 is 0. The Bertz CT molecular complexity index is 922. The number of hydrogen-bond donors (Lipinski definition) is 1. The van der Waals surface area contributed by atoms with Gasteiger partial charge in [-0.25, -0.2) is 9.07 Å². The van der Waals surface area contributed by atoms with Crippen LogP contribution in [0.3, 0.4) is 0 Å². The van der Waals surface area contributed by atoms with Crippen LogP contribution in [0.15, 0.2) is 54.7 Å². The fourth-order valence-electron chi connectivity index (χ4n) is 2.51. The molecule has 1 heterocycles. The second-order valence-electron chi connectivity index (χ2n) is 5.60. The Morgan fingerprint density at radius 2 is 1.81 bits per heavy atom. The van der Waals surface area contributed by atoms with Gasteiger partial charge in [-0.1, -0.05) is 0 Å². The summed E-state index contributed by atoms with van der Waals surface area (Å²) in [4.78, 5) is 12.6. The van der Waals surface area contributed by atoms with E-state index in [0.717, 1.165) is 0 Å². The maximum atomic E-state index is 13.1. The summed E-state index contributed by atoms with van der Waals surface area (Å²) in [5.74, 6) is 0.465. The summed E-state index contributed by atoms with van der Waals surface area (Å²) in [5, 5.41) is 7.06. The molecule has 140 valence electrons. The maximum absolute atomic E-state index is 13.1. The molecule has 6 nitrogen and oxygen atoms in total. The molecule has 3 rings (SSSR count). The molecule has 27 heavy (non-hydrogen) atoms. The van der Waals surface area contributed by atoms with E-state index in [0.29, 0.717) is 36.1 Å². The van der Waals surface area contributed by atoms with Gasteiger partial charge < -0.3 is 14.8 Å². The van der Waals surface area contributed by atoms with E-state index in [9.17, 15) is 9.18 Å². The number of benzene rings is 2. The van der Waals surface area contributed by atoms with Crippen LogP contribution in [0.25, 0.3) is 5.69 Å². The van der Waals surface area contributed by atoms with Gasteiger partial charge in [-0.3, -0.25) is 4.79 Å². The van der Waals surface area contributed by atoms with Gasteiger partial charge in [0.05, 0.1) is 24.6 Å². The molecule has 2 aromatic carbocycles. The number of carbonyl (C=O) groups excluding carboxylic acids is 1. The fraction of sp³-hybridized carbons (Fsp3) is 0.200. The van der Waals surface area contributed by atoms with E-state index < -0.39 is 0 Å². The van der Waals surface area contributed by atoms with Crippen molar-refractivity contribution < 1.29 is 18.7 Å². The van der Waals surface area contributed by atoms with Crippen LogP contribution < -0.4 is 14.8 Å². The molecular weight excluding hydrogens is 349 g/mol. The molecule has 0 aliphatic rings. The summed E-state index contributed by atoms with van der Waals surface area (Å²) < 4.78 is 25.6. The molecule has 1 N–H and O–H groups in total. The van der Waals surface area contributed by atoms with Crippen LogP contribution in [0.4, 0.5) is 10.1 Å². The van der Waals surface area contributed by atoms with Crippen molar-refractivity contribution in [3.63, 3.8) is 0 Å². The number of amides is 1. The van der Waals surface area contributed by atoms with Gasteiger partial charge in [0.2, 0.25) is 0 Å². The standard InChI is InChI=1S/C20H20FN3O3/c1-3-26-16-9-10-19(27-4-2)18(13-16)22-20(25)17-11-12-24(23-17)15-7-5-14(21)6-8-15/h5-13H,3-4H2,1-2H3,(H,22,25). The molecule has 0 radical (unpaired) electrons. The topological polar surface area (TPSA) is 65.4 Å². The van der Waals surface area contributed by atoms with Gasteiger partial charge in [0.1, 0.15) is 17.3 Å². The third-order valence-electron chi connectivity index (χ3n) is 3.72. The average Bonchev–Trinajstić information content (AvgIpc) is 3.15. The average molecular weight is 369 g/mol. The van der Waals surface area contributed by atoms with Crippen LogP contribution >= 0.6 is 0 Å². The molecule has 1 aromatic heterocycles. The van der Waals surface area contributed by atoms with Crippen molar-refractivity contribution in [2.24, 2.45) is 0 Å². The smallest absolute Gasteiger partial charge is 0.276 e. The lowest BCUT2D eigenvalue weighted by molar-refractivity contribution is 0.102. The Morgan fingerprint density at radius 3 is 2.52 bits per heavy atom. The van der Waals surface area contributed by atoms with E-state index in [2.05, 4.69) is 10.4 Å². The Labute approximate surface area is 156 Å². The van der Waals surface area contributed by atoms with E-state index in [1.165, 1.54) is 16.8 Å². The van der Waals surface area contributed by atoms with Crippen molar-refractivity contribution in [2.75, 3.05) is 18.5 Å². The van der Waals surface area contributed by atoms with Gasteiger partial charge >= 0.3 is 0 Å². The van der Waals surface area contributed by atoms with Crippen molar-refractivity contribution in [1.29, 1.82) is 0 Å². The number of carbonyl (C=O) groups is 1. The molecule has 1 amide bonds. The number of aromatic nitrogens is 2. The molecule has 0 aliphatic carbocycles. The third-order valence-corrected chi connectivity index (χ3v) is 3.72. The van der Waals surface area contributed by atoms with Gasteiger partial charge in [-0.05, 0) is 56.3 Å². The van der Waals surface area contributed by atoms with E-state index >= 15 is 0 Å². The van der Waals surface area contributed by atoms with Crippen molar-refractivity contribution in [2.45, 2.75) is 13.8 Å². The van der Waals surface area contributed by atoms with Crippen LogP contribution in [-0.2, 0) is 0 Å². The highest BCUT2D eigenvalue weighted by atomic mass is 19.1. The van der Waals surface area contributed by atoms with Gasteiger partial charge in [0.25, 0.3) is 5.91 Å². The lowest BCUT2D eigenvalue weighted by Crippen LogP contribution is -2.14. The van der Waals surface area contributed by atoms with Crippen LogP contribution in [-0.4, -0.2) is 28.9 Å². The second-order valence-corrected chi connectivity index (χ2v) is 5.60. The monoisotopic (exact) mass is 369 g/mol. The zero-order chi connectivity index (χ0) is 19.2. The van der Waals surface area contributed by atoms with Gasteiger partial charge in [0.15, 0.2) is 5.69 Å². The predicted molar refractivity (Wildman–Crippen MR) is 100 cm³/mol. The zero-order valence-corrected chi connectivity index (χ0v) is 15.1. The number of nitrogens with zero attached hydrogens (tertiary/aromatic N) is 2. The minimum absolute atomic E-state index is 0.226. The predicted octanol–water partition coefficient (Wildman–Crippen LogP) is 4.06. The lowest BCUT2D eigenvalue weighted by atomic mass is 10.2. The van der Waals surface area contributed by atoms with Crippen LogP contribution in [0.5, 0.6) is 11.5 Å². The zero-order valence-electron chi connectivity index (χ0n) is 15.1. The first kappa shape index (κ1) is 18.4. The Morgan fingerprint density at radius 1 is 1.07 bits per heavy atom. The number of halogens is 1. The van der Waals surface area contributed by atoms with E-state index in [1.807, 2.05) is 13.8 Å². The Hall–Kier alpha value is -3.35. The highest BCUT2D eigenvalue weighted by molar-refractivity contribution is 6.03. The summed E-state index contributed by atoms with van der Waals surface area (Å²) in [6.07, 6.45) is 1.64. The van der Waals surface area contributed by atoms with Crippen LogP contribution in [0.2, 0.25) is 0 Å². The SMILES string of the molecule is CCOc1ccc(OCC)c(NC(=O)c2ccn(-c3ccc(F)cc3)n2)c1. The molecule has 7 heteroatoms. The molecule has 0 atom stereocenters. The highest BCUT2D eigenvalue weighted by Gasteiger charge is 2.14. The normalized spacial score (nSPS) is 10.5. The molecule has 0 saturated carbocycles. The summed E-state index contributed by atoms with van der Waals surface area (Å²) in [5.41, 5.74) is 1.39. The number of ether oxygens (including phenoxy) is 2. The molecule has 0 aliphatic heterocycles. The Balaban J connectivity index is 1.81. The molecule has 3 aromatic rings. The maximum Gasteiger partial charge on any atom is 0.276 e. The minimum Gasteiger partial charge on any atom is -0.494 e.